The Morgan fingerprint density at radius 1 is 1.12 bits per heavy atom. The number of para-hydroxylation sites is 2. The fourth-order valence-electron chi connectivity index (χ4n) is 1.99. The van der Waals surface area contributed by atoms with Crippen LogP contribution < -0.4 is 9.64 Å². The quantitative estimate of drug-likeness (QED) is 0.375. The number of ether oxygens (including phenoxy) is 1. The van der Waals surface area contributed by atoms with Crippen LogP contribution in [0, 0.1) is 0 Å². The lowest BCUT2D eigenvalue weighted by Gasteiger charge is -2.25. The maximum Gasteiger partial charge on any atom is 0.361 e. The van der Waals surface area contributed by atoms with Crippen LogP contribution in [-0.2, 0) is 14.4 Å². The maximum atomic E-state index is 11.8. The predicted octanol–water partition coefficient (Wildman–Crippen LogP) is 0.795. The molecule has 2 aliphatic heterocycles. The molecule has 0 saturated carbocycles. The van der Waals surface area contributed by atoms with Gasteiger partial charge in [-0.25, -0.2) is 4.79 Å². The number of anilines is 1. The zero-order valence-corrected chi connectivity index (χ0v) is 8.89. The molecule has 1 amide bonds. The van der Waals surface area contributed by atoms with Crippen molar-refractivity contribution in [1.82, 2.24) is 0 Å². The van der Waals surface area contributed by atoms with Crippen molar-refractivity contribution in [3.63, 3.8) is 0 Å². The number of carbonyl (C=O) groups is 3. The second-order valence-corrected chi connectivity index (χ2v) is 3.80. The number of Topliss-reactive ketones (excluding diaryl/α,β-unsaturated/α-hetero) is 1. The molecule has 2 aliphatic rings. The molecule has 0 atom stereocenters. The highest BCUT2D eigenvalue weighted by molar-refractivity contribution is 6.53. The van der Waals surface area contributed by atoms with E-state index in [9.17, 15) is 14.4 Å². The topological polar surface area (TPSA) is 63.7 Å². The van der Waals surface area contributed by atoms with Crippen LogP contribution in [0.3, 0.4) is 0 Å². The molecule has 1 aromatic rings. The predicted molar refractivity (Wildman–Crippen MR) is 57.3 cm³/mol. The third-order valence-corrected chi connectivity index (χ3v) is 2.82. The summed E-state index contributed by atoms with van der Waals surface area (Å²) in [5.41, 5.74) is 0.588. The van der Waals surface area contributed by atoms with Crippen molar-refractivity contribution in [2.45, 2.75) is 6.92 Å². The normalized spacial score (nSPS) is 18.2. The van der Waals surface area contributed by atoms with Gasteiger partial charge in [0.2, 0.25) is 5.78 Å². The van der Waals surface area contributed by atoms with E-state index in [0.29, 0.717) is 5.69 Å². The first kappa shape index (κ1) is 9.77. The average Bonchev–Trinajstić information content (AvgIpc) is 2.55. The average molecular weight is 229 g/mol. The van der Waals surface area contributed by atoms with Crippen LogP contribution in [0.4, 0.5) is 5.69 Å². The van der Waals surface area contributed by atoms with Crippen molar-refractivity contribution >= 4 is 23.3 Å². The minimum absolute atomic E-state index is 0.0266. The molecule has 5 heteroatoms. The first-order valence-electron chi connectivity index (χ1n) is 5.02. The number of fused-ring (bicyclic) bond motifs is 3. The van der Waals surface area contributed by atoms with E-state index in [0.717, 1.165) is 4.90 Å². The van der Waals surface area contributed by atoms with Gasteiger partial charge in [0.25, 0.3) is 0 Å². The van der Waals surface area contributed by atoms with Gasteiger partial charge in [-0.3, -0.25) is 14.5 Å². The van der Waals surface area contributed by atoms with Gasteiger partial charge in [-0.1, -0.05) is 12.1 Å². The van der Waals surface area contributed by atoms with E-state index in [1.807, 2.05) is 0 Å². The maximum absolute atomic E-state index is 11.8. The van der Waals surface area contributed by atoms with Crippen molar-refractivity contribution < 1.29 is 19.1 Å². The fraction of sp³-hybridized carbons (Fsp3) is 0.0833. The lowest BCUT2D eigenvalue weighted by atomic mass is 10.2. The van der Waals surface area contributed by atoms with Gasteiger partial charge >= 0.3 is 11.9 Å². The van der Waals surface area contributed by atoms with E-state index < -0.39 is 17.7 Å². The standard InChI is InChI=1S/C12H7NO4/c1-6-9-12(16)17-8-5-3-2-4-7(8)13(9)11(15)10(6)14/h2-5H,1H3. The number of hydrogen-bond acceptors (Lipinski definition) is 4. The summed E-state index contributed by atoms with van der Waals surface area (Å²) in [6.07, 6.45) is 0. The molecule has 0 aliphatic carbocycles. The van der Waals surface area contributed by atoms with Gasteiger partial charge in [0.05, 0.1) is 5.69 Å². The van der Waals surface area contributed by atoms with Gasteiger partial charge < -0.3 is 4.74 Å². The van der Waals surface area contributed by atoms with Crippen molar-refractivity contribution in [2.75, 3.05) is 4.90 Å². The van der Waals surface area contributed by atoms with Gasteiger partial charge in [0.1, 0.15) is 5.70 Å². The molecule has 17 heavy (non-hydrogen) atoms. The Labute approximate surface area is 96.3 Å². The largest absolute Gasteiger partial charge is 0.420 e. The number of nitrogens with zero attached hydrogens (tertiary/aromatic N) is 1. The highest BCUT2D eigenvalue weighted by Gasteiger charge is 2.45. The van der Waals surface area contributed by atoms with E-state index in [4.69, 9.17) is 4.74 Å². The number of benzene rings is 1. The van der Waals surface area contributed by atoms with E-state index in [1.165, 1.54) is 6.92 Å². The first-order valence-corrected chi connectivity index (χ1v) is 5.02. The van der Waals surface area contributed by atoms with Crippen LogP contribution in [0.2, 0.25) is 0 Å². The Bertz CT molecular complexity index is 615. The molecular formula is C12H7NO4. The molecule has 2 heterocycles. The van der Waals surface area contributed by atoms with E-state index in [1.54, 1.807) is 24.3 Å². The molecule has 3 rings (SSSR count). The molecule has 0 unspecified atom stereocenters. The summed E-state index contributed by atoms with van der Waals surface area (Å²) in [6, 6.07) is 6.61. The number of esters is 1. The van der Waals surface area contributed by atoms with Gasteiger partial charge in [-0.15, -0.1) is 0 Å². The van der Waals surface area contributed by atoms with Crippen molar-refractivity contribution in [1.29, 1.82) is 0 Å². The summed E-state index contributed by atoms with van der Waals surface area (Å²) in [7, 11) is 0. The molecule has 0 fully saturated rings. The number of amides is 1. The summed E-state index contributed by atoms with van der Waals surface area (Å²) in [5.74, 6) is -1.74. The zero-order chi connectivity index (χ0) is 12.2. The Morgan fingerprint density at radius 2 is 1.82 bits per heavy atom. The first-order chi connectivity index (χ1) is 8.11. The highest BCUT2D eigenvalue weighted by Crippen LogP contribution is 2.39. The molecular weight excluding hydrogens is 222 g/mol. The summed E-state index contributed by atoms with van der Waals surface area (Å²) >= 11 is 0. The molecule has 84 valence electrons. The van der Waals surface area contributed by atoms with Gasteiger partial charge in [-0.05, 0) is 19.1 Å². The van der Waals surface area contributed by atoms with E-state index in [-0.39, 0.29) is 17.0 Å². The minimum atomic E-state index is -0.707. The molecule has 1 aromatic carbocycles. The Hall–Kier alpha value is -2.43. The molecule has 0 N–H and O–H groups in total. The summed E-state index contributed by atoms with van der Waals surface area (Å²) in [6.45, 7) is 1.45. The Kier molecular flexibility index (Phi) is 1.75. The Morgan fingerprint density at radius 3 is 2.59 bits per heavy atom. The van der Waals surface area contributed by atoms with E-state index in [2.05, 4.69) is 0 Å². The molecule has 0 spiro atoms. The summed E-state index contributed by atoms with van der Waals surface area (Å²) in [5, 5.41) is 0. The van der Waals surface area contributed by atoms with Crippen molar-refractivity contribution in [3.8, 4) is 5.75 Å². The Balaban J connectivity index is 2.30. The van der Waals surface area contributed by atoms with Crippen LogP contribution in [0.25, 0.3) is 0 Å². The third kappa shape index (κ3) is 1.10. The van der Waals surface area contributed by atoms with Gasteiger partial charge in [-0.2, -0.15) is 0 Å². The number of rotatable bonds is 0. The second kappa shape index (κ2) is 3.04. The highest BCUT2D eigenvalue weighted by atomic mass is 16.5. The van der Waals surface area contributed by atoms with E-state index >= 15 is 0 Å². The fourth-order valence-corrected chi connectivity index (χ4v) is 1.99. The van der Waals surface area contributed by atoms with Crippen LogP contribution in [-0.4, -0.2) is 17.7 Å². The number of carbonyl (C=O) groups excluding carboxylic acids is 3. The lowest BCUT2D eigenvalue weighted by molar-refractivity contribution is -0.133. The van der Waals surface area contributed by atoms with Crippen molar-refractivity contribution in [3.05, 3.63) is 35.5 Å². The number of ketones is 1. The molecule has 0 saturated heterocycles. The lowest BCUT2D eigenvalue weighted by Crippen LogP contribution is -2.36. The second-order valence-electron chi connectivity index (χ2n) is 3.80. The van der Waals surface area contributed by atoms with Crippen molar-refractivity contribution in [2.24, 2.45) is 0 Å². The summed E-state index contributed by atoms with van der Waals surface area (Å²) in [4.78, 5) is 36.2. The molecule has 0 aromatic heterocycles. The SMILES string of the molecule is CC1=C2C(=O)Oc3ccccc3N2C(=O)C1=O. The van der Waals surface area contributed by atoms with Crippen LogP contribution >= 0.6 is 0 Å². The molecule has 0 bridgehead atoms. The molecule has 0 radical (unpaired) electrons. The summed E-state index contributed by atoms with van der Waals surface area (Å²) < 4.78 is 5.07. The molecule has 5 nitrogen and oxygen atoms in total. The van der Waals surface area contributed by atoms with Crippen LogP contribution in [0.1, 0.15) is 6.92 Å². The van der Waals surface area contributed by atoms with Crippen LogP contribution in [0.5, 0.6) is 5.75 Å². The smallest absolute Gasteiger partial charge is 0.361 e. The monoisotopic (exact) mass is 229 g/mol. The van der Waals surface area contributed by atoms with Gasteiger partial charge in [0.15, 0.2) is 5.75 Å². The minimum Gasteiger partial charge on any atom is -0.420 e. The van der Waals surface area contributed by atoms with Gasteiger partial charge in [0, 0.05) is 5.57 Å². The van der Waals surface area contributed by atoms with Crippen LogP contribution in [0.15, 0.2) is 35.5 Å². The third-order valence-electron chi connectivity index (χ3n) is 2.82. The number of hydrogen-bond donors (Lipinski definition) is 0. The zero-order valence-electron chi connectivity index (χ0n) is 8.89.